The Balaban J connectivity index is 0.00000242. The second kappa shape index (κ2) is 7.62. The molecule has 1 heterocycles. The van der Waals surface area contributed by atoms with Crippen molar-refractivity contribution < 1.29 is 4.42 Å². The Morgan fingerprint density at radius 3 is 2.45 bits per heavy atom. The first kappa shape index (κ1) is 18.5. The molecule has 1 aromatic carbocycles. The quantitative estimate of drug-likeness (QED) is 0.455. The average molecular weight is 414 g/mol. The first-order chi connectivity index (χ1) is 9.84. The molecule has 6 heteroatoms. The second-order valence-electron chi connectivity index (χ2n) is 6.06. The number of nitrogens with one attached hydrogen (secondary N) is 1. The lowest BCUT2D eigenvalue weighted by molar-refractivity contribution is 0.383. The first-order valence-corrected chi connectivity index (χ1v) is 6.93. The number of rotatable bonds is 3. The Labute approximate surface area is 148 Å². The summed E-state index contributed by atoms with van der Waals surface area (Å²) in [6.45, 7) is 8.59. The van der Waals surface area contributed by atoms with Crippen molar-refractivity contribution in [3.05, 3.63) is 47.7 Å². The van der Waals surface area contributed by atoms with E-state index >= 15 is 0 Å². The van der Waals surface area contributed by atoms with E-state index in [1.165, 1.54) is 5.56 Å². The summed E-state index contributed by atoms with van der Waals surface area (Å²) < 4.78 is 5.66. The van der Waals surface area contributed by atoms with Crippen molar-refractivity contribution in [3.63, 3.8) is 0 Å². The van der Waals surface area contributed by atoms with Crippen LogP contribution in [0.15, 0.2) is 39.9 Å². The van der Waals surface area contributed by atoms with Crippen LogP contribution < -0.4 is 11.1 Å². The molecule has 0 atom stereocenters. The summed E-state index contributed by atoms with van der Waals surface area (Å²) in [7, 11) is 0. The average Bonchev–Trinajstić information content (AvgIpc) is 2.88. The van der Waals surface area contributed by atoms with E-state index in [0.29, 0.717) is 18.4 Å². The van der Waals surface area contributed by atoms with E-state index in [1.807, 2.05) is 31.2 Å². The van der Waals surface area contributed by atoms with E-state index in [4.69, 9.17) is 10.2 Å². The van der Waals surface area contributed by atoms with Gasteiger partial charge in [-0.2, -0.15) is 0 Å². The van der Waals surface area contributed by atoms with Gasteiger partial charge >= 0.3 is 0 Å². The van der Waals surface area contributed by atoms with Crippen molar-refractivity contribution in [1.29, 1.82) is 0 Å². The number of oxazole rings is 1. The summed E-state index contributed by atoms with van der Waals surface area (Å²) in [4.78, 5) is 8.45. The molecule has 0 aliphatic carbocycles. The molecule has 0 radical (unpaired) electrons. The summed E-state index contributed by atoms with van der Waals surface area (Å²) >= 11 is 0. The summed E-state index contributed by atoms with van der Waals surface area (Å²) in [6.07, 6.45) is 1.74. The van der Waals surface area contributed by atoms with Crippen molar-refractivity contribution >= 4 is 35.6 Å². The minimum atomic E-state index is -0.0549. The van der Waals surface area contributed by atoms with Gasteiger partial charge in [0.1, 0.15) is 12.3 Å². The van der Waals surface area contributed by atoms with Gasteiger partial charge in [-0.05, 0) is 19.1 Å². The smallest absolute Gasteiger partial charge is 0.216 e. The Morgan fingerprint density at radius 2 is 1.91 bits per heavy atom. The molecule has 1 aromatic heterocycles. The Hall–Kier alpha value is -1.57. The molecule has 0 aliphatic rings. The molecule has 0 fully saturated rings. The van der Waals surface area contributed by atoms with Crippen LogP contribution >= 0.6 is 24.0 Å². The lowest BCUT2D eigenvalue weighted by Gasteiger charge is -2.12. The van der Waals surface area contributed by atoms with Gasteiger partial charge in [0, 0.05) is 11.1 Å². The number of nitrogens with two attached hydrogens (primary N) is 1. The van der Waals surface area contributed by atoms with Crippen LogP contribution in [-0.2, 0) is 12.0 Å². The number of aryl methyl sites for hydroxylation is 1. The highest BCUT2D eigenvalue weighted by atomic mass is 127. The van der Waals surface area contributed by atoms with Gasteiger partial charge in [0.05, 0.1) is 6.20 Å². The normalized spacial score (nSPS) is 11.9. The van der Waals surface area contributed by atoms with Crippen LogP contribution in [0.25, 0.3) is 0 Å². The maximum absolute atomic E-state index is 5.85. The van der Waals surface area contributed by atoms with Crippen LogP contribution in [0.2, 0.25) is 0 Å². The molecule has 3 N–H and O–H groups in total. The van der Waals surface area contributed by atoms with E-state index in [2.05, 4.69) is 36.1 Å². The zero-order valence-corrected chi connectivity index (χ0v) is 15.7. The standard InChI is InChI=1S/C16H22N4O.HI/c1-11-5-7-12(8-6-11)20-15(17)19-10-14-18-9-13(21-14)16(2,3)4;/h5-9H,10H2,1-4H3,(H3,17,19,20);1H. The van der Waals surface area contributed by atoms with Crippen LogP contribution in [0.5, 0.6) is 0 Å². The van der Waals surface area contributed by atoms with Crippen molar-refractivity contribution in [3.8, 4) is 0 Å². The molecule has 0 bridgehead atoms. The summed E-state index contributed by atoms with van der Waals surface area (Å²) in [5, 5.41) is 3.03. The highest BCUT2D eigenvalue weighted by Gasteiger charge is 2.18. The fraction of sp³-hybridized carbons (Fsp3) is 0.375. The third kappa shape index (κ3) is 5.32. The van der Waals surface area contributed by atoms with Gasteiger partial charge in [0.25, 0.3) is 0 Å². The molecule has 0 unspecified atom stereocenters. The zero-order chi connectivity index (χ0) is 15.5. The number of benzene rings is 1. The first-order valence-electron chi connectivity index (χ1n) is 6.93. The van der Waals surface area contributed by atoms with Gasteiger partial charge in [0.2, 0.25) is 5.89 Å². The molecular weight excluding hydrogens is 391 g/mol. The minimum Gasteiger partial charge on any atom is -0.443 e. The number of nitrogens with zero attached hydrogens (tertiary/aromatic N) is 2. The van der Waals surface area contributed by atoms with Crippen LogP contribution in [0.3, 0.4) is 0 Å². The van der Waals surface area contributed by atoms with Crippen molar-refractivity contribution in [1.82, 2.24) is 4.98 Å². The predicted octanol–water partition coefficient (Wildman–Crippen LogP) is 3.83. The fourth-order valence-electron chi connectivity index (χ4n) is 1.71. The molecule has 120 valence electrons. The summed E-state index contributed by atoms with van der Waals surface area (Å²) in [6, 6.07) is 7.94. The van der Waals surface area contributed by atoms with Crippen molar-refractivity contribution in [2.75, 3.05) is 5.32 Å². The molecule has 2 rings (SSSR count). The van der Waals surface area contributed by atoms with Gasteiger partial charge in [-0.3, -0.25) is 0 Å². The number of halogens is 1. The van der Waals surface area contributed by atoms with E-state index in [9.17, 15) is 0 Å². The number of aliphatic imine (C=N–C) groups is 1. The third-order valence-electron chi connectivity index (χ3n) is 3.00. The number of hydrogen-bond acceptors (Lipinski definition) is 3. The molecule has 0 aliphatic heterocycles. The lowest BCUT2D eigenvalue weighted by Crippen LogP contribution is -2.22. The number of aromatic nitrogens is 1. The predicted molar refractivity (Wildman–Crippen MR) is 101 cm³/mol. The molecule has 0 saturated carbocycles. The van der Waals surface area contributed by atoms with Crippen LogP contribution in [0.1, 0.15) is 38.0 Å². The van der Waals surface area contributed by atoms with Gasteiger partial charge in [-0.15, -0.1) is 24.0 Å². The molecule has 5 nitrogen and oxygen atoms in total. The van der Waals surface area contributed by atoms with Gasteiger partial charge < -0.3 is 15.5 Å². The van der Waals surface area contributed by atoms with Crippen LogP contribution in [-0.4, -0.2) is 10.9 Å². The van der Waals surface area contributed by atoms with E-state index in [0.717, 1.165) is 11.4 Å². The molecule has 0 spiro atoms. The fourth-order valence-corrected chi connectivity index (χ4v) is 1.71. The lowest BCUT2D eigenvalue weighted by atomic mass is 9.94. The van der Waals surface area contributed by atoms with Gasteiger partial charge in [0.15, 0.2) is 5.96 Å². The van der Waals surface area contributed by atoms with Gasteiger partial charge in [-0.25, -0.2) is 9.98 Å². The Bertz CT molecular complexity index is 626. The van der Waals surface area contributed by atoms with E-state index in [1.54, 1.807) is 6.20 Å². The van der Waals surface area contributed by atoms with Crippen molar-refractivity contribution in [2.24, 2.45) is 10.7 Å². The highest BCUT2D eigenvalue weighted by molar-refractivity contribution is 14.0. The number of anilines is 1. The Kier molecular flexibility index (Phi) is 6.40. The topological polar surface area (TPSA) is 76.4 Å². The van der Waals surface area contributed by atoms with E-state index in [-0.39, 0.29) is 29.4 Å². The summed E-state index contributed by atoms with van der Waals surface area (Å²) in [5.41, 5.74) is 7.91. The molecule has 0 saturated heterocycles. The van der Waals surface area contributed by atoms with Crippen LogP contribution in [0, 0.1) is 6.92 Å². The number of hydrogen-bond donors (Lipinski definition) is 2. The summed E-state index contributed by atoms with van der Waals surface area (Å²) in [5.74, 6) is 1.75. The highest BCUT2D eigenvalue weighted by Crippen LogP contribution is 2.22. The molecular formula is C16H23IN4O. The second-order valence-corrected chi connectivity index (χ2v) is 6.06. The minimum absolute atomic E-state index is 0. The SMILES string of the molecule is Cc1ccc(NC(N)=NCc2ncc(C(C)(C)C)o2)cc1.I. The third-order valence-corrected chi connectivity index (χ3v) is 3.00. The van der Waals surface area contributed by atoms with Crippen LogP contribution in [0.4, 0.5) is 5.69 Å². The number of guanidine groups is 1. The van der Waals surface area contributed by atoms with Crippen molar-refractivity contribution in [2.45, 2.75) is 39.7 Å². The maximum Gasteiger partial charge on any atom is 0.216 e. The maximum atomic E-state index is 5.85. The van der Waals surface area contributed by atoms with Gasteiger partial charge in [-0.1, -0.05) is 38.5 Å². The molecule has 2 aromatic rings. The monoisotopic (exact) mass is 414 g/mol. The van der Waals surface area contributed by atoms with E-state index < -0.39 is 0 Å². The zero-order valence-electron chi connectivity index (χ0n) is 13.4. The Morgan fingerprint density at radius 1 is 1.27 bits per heavy atom. The largest absolute Gasteiger partial charge is 0.443 e. The molecule has 0 amide bonds. The molecule has 22 heavy (non-hydrogen) atoms.